The van der Waals surface area contributed by atoms with Crippen LogP contribution in [0, 0.1) is 0 Å². The highest BCUT2D eigenvalue weighted by Gasteiger charge is 2.40. The second kappa shape index (κ2) is 10.4. The third kappa shape index (κ3) is 7.02. The largest absolute Gasteiger partial charge is 0.0645 e. The van der Waals surface area contributed by atoms with Gasteiger partial charge in [-0.15, -0.1) is 0 Å². The lowest BCUT2D eigenvalue weighted by Gasteiger charge is -2.44. The van der Waals surface area contributed by atoms with Crippen LogP contribution in [-0.2, 0) is 32.5 Å². The Morgan fingerprint density at radius 1 is 0.436 bits per heavy atom. The standard InChI is InChI=1S/C39H64/c1-20-25(30-26(34(2,3)4)22-21-23-27(30)35(5,6)7)31-32(38(14,15)16)28(36(8,9)10)24-29(37(11,12)13)33(31)39(17,18)19/h21-25H,20H2,1-19H3. The van der Waals surface area contributed by atoms with Gasteiger partial charge in [0.1, 0.15) is 0 Å². The van der Waals surface area contributed by atoms with E-state index in [0.717, 1.165) is 6.42 Å². The van der Waals surface area contributed by atoms with Crippen molar-refractivity contribution >= 4 is 0 Å². The van der Waals surface area contributed by atoms with E-state index in [4.69, 9.17) is 0 Å². The van der Waals surface area contributed by atoms with Crippen LogP contribution < -0.4 is 0 Å². The van der Waals surface area contributed by atoms with E-state index < -0.39 is 0 Å². The summed E-state index contributed by atoms with van der Waals surface area (Å²) in [6.07, 6.45) is 1.08. The predicted octanol–water partition coefficient (Wildman–Crippen LogP) is 12.0. The maximum atomic E-state index is 2.61. The van der Waals surface area contributed by atoms with Gasteiger partial charge in [0.05, 0.1) is 0 Å². The molecule has 0 fully saturated rings. The fraction of sp³-hybridized carbons (Fsp3) is 0.692. The number of hydrogen-bond acceptors (Lipinski definition) is 0. The summed E-state index contributed by atoms with van der Waals surface area (Å²) in [5.41, 5.74) is 12.6. The number of rotatable bonds is 3. The summed E-state index contributed by atoms with van der Waals surface area (Å²) < 4.78 is 0. The summed E-state index contributed by atoms with van der Waals surface area (Å²) in [5.74, 6) is 0.321. The summed E-state index contributed by atoms with van der Waals surface area (Å²) >= 11 is 0. The minimum Gasteiger partial charge on any atom is -0.0645 e. The molecule has 0 aliphatic heterocycles. The third-order valence-electron chi connectivity index (χ3n) is 8.31. The zero-order valence-corrected chi connectivity index (χ0v) is 29.6. The van der Waals surface area contributed by atoms with Gasteiger partial charge in [0.25, 0.3) is 0 Å². The van der Waals surface area contributed by atoms with Crippen LogP contribution in [0.25, 0.3) is 0 Å². The highest BCUT2D eigenvalue weighted by molar-refractivity contribution is 5.61. The van der Waals surface area contributed by atoms with E-state index in [0.29, 0.717) is 5.92 Å². The SMILES string of the molecule is CCC(c1c(C(C)(C)C)cccc1C(C)(C)C)c1c(C(C)(C)C)c(C(C)(C)C)cc(C(C)(C)C)c1C(C)(C)C. The quantitative estimate of drug-likeness (QED) is 0.369. The summed E-state index contributed by atoms with van der Waals surface area (Å²) in [5, 5.41) is 0. The van der Waals surface area contributed by atoms with E-state index in [2.05, 4.69) is 156 Å². The molecule has 0 N–H and O–H groups in total. The fourth-order valence-corrected chi connectivity index (χ4v) is 6.65. The van der Waals surface area contributed by atoms with Gasteiger partial charge in [0, 0.05) is 5.92 Å². The lowest BCUT2D eigenvalue weighted by Crippen LogP contribution is -2.33. The zero-order valence-electron chi connectivity index (χ0n) is 29.6. The van der Waals surface area contributed by atoms with E-state index in [-0.39, 0.29) is 32.5 Å². The van der Waals surface area contributed by atoms with Crippen LogP contribution in [0.5, 0.6) is 0 Å². The number of hydrogen-bond donors (Lipinski definition) is 0. The molecule has 0 heterocycles. The summed E-state index contributed by atoms with van der Waals surface area (Å²) in [7, 11) is 0. The van der Waals surface area contributed by atoms with Crippen molar-refractivity contribution < 1.29 is 0 Å². The van der Waals surface area contributed by atoms with Gasteiger partial charge in [-0.25, -0.2) is 0 Å². The molecule has 0 bridgehead atoms. The minimum absolute atomic E-state index is 0.0142. The van der Waals surface area contributed by atoms with E-state index >= 15 is 0 Å². The molecule has 1 unspecified atom stereocenters. The van der Waals surface area contributed by atoms with Gasteiger partial charge >= 0.3 is 0 Å². The van der Waals surface area contributed by atoms with Crippen molar-refractivity contribution in [2.75, 3.05) is 0 Å². The monoisotopic (exact) mass is 533 g/mol. The Kier molecular flexibility index (Phi) is 8.94. The van der Waals surface area contributed by atoms with Crippen molar-refractivity contribution in [1.29, 1.82) is 0 Å². The lowest BCUT2D eigenvalue weighted by molar-refractivity contribution is 0.481. The molecule has 2 aromatic carbocycles. The van der Waals surface area contributed by atoms with Gasteiger partial charge in [0.2, 0.25) is 0 Å². The normalized spacial score (nSPS) is 15.1. The Morgan fingerprint density at radius 3 is 0.974 bits per heavy atom. The Morgan fingerprint density at radius 2 is 0.744 bits per heavy atom. The van der Waals surface area contributed by atoms with Crippen LogP contribution in [0.2, 0.25) is 0 Å². The number of benzene rings is 2. The first-order valence-electron chi connectivity index (χ1n) is 15.5. The second-order valence-corrected chi connectivity index (χ2v) is 18.4. The molecule has 0 spiro atoms. The molecule has 0 nitrogen and oxygen atoms in total. The summed E-state index contributed by atoms with van der Waals surface area (Å²) in [6, 6.07) is 9.74. The molecule has 220 valence electrons. The topological polar surface area (TPSA) is 0 Å². The first-order valence-corrected chi connectivity index (χ1v) is 15.5. The first-order chi connectivity index (χ1) is 17.1. The summed E-state index contributed by atoms with van der Waals surface area (Å²) in [6.45, 7) is 45.9. The average molecular weight is 533 g/mol. The van der Waals surface area contributed by atoms with Gasteiger partial charge < -0.3 is 0 Å². The Labute approximate surface area is 244 Å². The van der Waals surface area contributed by atoms with E-state index in [1.165, 1.54) is 22.3 Å². The van der Waals surface area contributed by atoms with Crippen LogP contribution in [0.1, 0.15) is 188 Å². The molecule has 0 radical (unpaired) electrons. The van der Waals surface area contributed by atoms with Crippen molar-refractivity contribution in [3.63, 3.8) is 0 Å². The predicted molar refractivity (Wildman–Crippen MR) is 177 cm³/mol. The molecule has 0 amide bonds. The first kappa shape index (κ1) is 33.6. The lowest BCUT2D eigenvalue weighted by atomic mass is 9.60. The molecular formula is C39H64. The van der Waals surface area contributed by atoms with Crippen LogP contribution in [0.3, 0.4) is 0 Å². The van der Waals surface area contributed by atoms with Crippen molar-refractivity contribution in [1.82, 2.24) is 0 Å². The maximum absolute atomic E-state index is 2.61. The van der Waals surface area contributed by atoms with Crippen LogP contribution in [0.4, 0.5) is 0 Å². The molecule has 0 heteroatoms. The molecule has 2 rings (SSSR count). The molecule has 0 aliphatic carbocycles. The second-order valence-electron chi connectivity index (χ2n) is 18.4. The zero-order chi connectivity index (χ0) is 30.7. The minimum atomic E-state index is 0.0142. The Bertz CT molecular complexity index is 1080. The van der Waals surface area contributed by atoms with Gasteiger partial charge in [-0.1, -0.05) is 156 Å². The van der Waals surface area contributed by atoms with Crippen molar-refractivity contribution in [3.05, 3.63) is 68.8 Å². The molecular weight excluding hydrogens is 468 g/mol. The Hall–Kier alpha value is -1.56. The average Bonchev–Trinajstić information content (AvgIpc) is 2.69. The molecule has 1 atom stereocenters. The third-order valence-corrected chi connectivity index (χ3v) is 8.31. The molecule has 39 heavy (non-hydrogen) atoms. The smallest absolute Gasteiger partial charge is 0.00986 e. The van der Waals surface area contributed by atoms with E-state index in [9.17, 15) is 0 Å². The molecule has 2 aromatic rings. The maximum Gasteiger partial charge on any atom is 0.00986 e. The molecule has 0 aromatic heterocycles. The van der Waals surface area contributed by atoms with Gasteiger partial charge in [-0.05, 0) is 83.4 Å². The van der Waals surface area contributed by atoms with Crippen molar-refractivity contribution in [2.45, 2.75) is 176 Å². The van der Waals surface area contributed by atoms with Crippen LogP contribution in [-0.4, -0.2) is 0 Å². The highest BCUT2D eigenvalue weighted by Crippen LogP contribution is 2.52. The van der Waals surface area contributed by atoms with E-state index in [1.807, 2.05) is 0 Å². The van der Waals surface area contributed by atoms with E-state index in [1.54, 1.807) is 22.3 Å². The van der Waals surface area contributed by atoms with Crippen LogP contribution in [0.15, 0.2) is 24.3 Å². The highest BCUT2D eigenvalue weighted by atomic mass is 14.4. The Balaban J connectivity index is 3.46. The van der Waals surface area contributed by atoms with Gasteiger partial charge in [0.15, 0.2) is 0 Å². The van der Waals surface area contributed by atoms with Gasteiger partial charge in [-0.2, -0.15) is 0 Å². The molecule has 0 saturated carbocycles. The van der Waals surface area contributed by atoms with Crippen LogP contribution >= 0.6 is 0 Å². The van der Waals surface area contributed by atoms with Crippen molar-refractivity contribution in [3.8, 4) is 0 Å². The summed E-state index contributed by atoms with van der Waals surface area (Å²) in [4.78, 5) is 0. The molecule has 0 aliphatic rings. The fourth-order valence-electron chi connectivity index (χ4n) is 6.65. The van der Waals surface area contributed by atoms with Crippen molar-refractivity contribution in [2.24, 2.45) is 0 Å². The van der Waals surface area contributed by atoms with Gasteiger partial charge in [-0.3, -0.25) is 0 Å². The molecule has 0 saturated heterocycles.